The quantitative estimate of drug-likeness (QED) is 0.589. The van der Waals surface area contributed by atoms with Crippen molar-refractivity contribution in [3.8, 4) is 0 Å². The number of aromatic nitrogens is 4. The number of thioether (sulfide) groups is 1. The molecule has 0 aliphatic heterocycles. The minimum Gasteiger partial charge on any atom is -0.367 e. The average molecular weight is 235 g/mol. The van der Waals surface area contributed by atoms with E-state index in [1.807, 2.05) is 17.8 Å². The Morgan fingerprint density at radius 2 is 2.38 bits per heavy atom. The molecule has 2 heterocycles. The average Bonchev–Trinajstić information content (AvgIpc) is 2.77. The van der Waals surface area contributed by atoms with Gasteiger partial charge in [0.25, 0.3) is 0 Å². The van der Waals surface area contributed by atoms with Gasteiger partial charge in [0.15, 0.2) is 11.5 Å². The highest BCUT2D eigenvalue weighted by Gasteiger charge is 2.03. The molecule has 2 N–H and O–H groups in total. The van der Waals surface area contributed by atoms with E-state index in [9.17, 15) is 0 Å². The first-order valence-corrected chi connectivity index (χ1v) is 6.14. The minimum atomic E-state index is 0.691. The third-order valence-corrected chi connectivity index (χ3v) is 2.96. The Kier molecular flexibility index (Phi) is 3.76. The fourth-order valence-corrected chi connectivity index (χ4v) is 1.89. The van der Waals surface area contributed by atoms with Gasteiger partial charge < -0.3 is 10.3 Å². The Bertz CT molecular complexity index is 467. The largest absolute Gasteiger partial charge is 0.367 e. The van der Waals surface area contributed by atoms with Crippen LogP contribution in [-0.4, -0.2) is 38.0 Å². The van der Waals surface area contributed by atoms with E-state index < -0.39 is 0 Å². The van der Waals surface area contributed by atoms with Crippen LogP contribution in [0.15, 0.2) is 25.3 Å². The van der Waals surface area contributed by atoms with E-state index in [0.717, 1.165) is 29.4 Å². The predicted octanol–water partition coefficient (Wildman–Crippen LogP) is 1.68. The molecule has 2 aromatic rings. The standard InChI is InChI=1S/C10H13N5S/c1-2-4-16-5-3-11-9-8-10(13-6-12-8)15-7-14-9/h2,6-7H,1,3-5H2,(H2,11,12,13,14,15). The van der Waals surface area contributed by atoms with Crippen LogP contribution < -0.4 is 5.32 Å². The van der Waals surface area contributed by atoms with Crippen LogP contribution in [0, 0.1) is 0 Å². The lowest BCUT2D eigenvalue weighted by Gasteiger charge is -2.04. The third-order valence-electron chi connectivity index (χ3n) is 2.00. The number of nitrogens with one attached hydrogen (secondary N) is 2. The van der Waals surface area contributed by atoms with Gasteiger partial charge in [-0.15, -0.1) is 6.58 Å². The zero-order chi connectivity index (χ0) is 11.2. The summed E-state index contributed by atoms with van der Waals surface area (Å²) in [5, 5.41) is 3.26. The molecule has 0 aliphatic carbocycles. The van der Waals surface area contributed by atoms with Crippen LogP contribution in [0.1, 0.15) is 0 Å². The summed E-state index contributed by atoms with van der Waals surface area (Å²) in [6, 6.07) is 0. The van der Waals surface area contributed by atoms with E-state index >= 15 is 0 Å². The van der Waals surface area contributed by atoms with Crippen LogP contribution in [0.2, 0.25) is 0 Å². The second-order valence-corrected chi connectivity index (χ2v) is 4.26. The molecular formula is C10H13N5S. The smallest absolute Gasteiger partial charge is 0.182 e. The monoisotopic (exact) mass is 235 g/mol. The summed E-state index contributed by atoms with van der Waals surface area (Å²) >= 11 is 1.83. The highest BCUT2D eigenvalue weighted by atomic mass is 32.2. The maximum absolute atomic E-state index is 4.17. The third kappa shape index (κ3) is 2.52. The molecule has 0 amide bonds. The van der Waals surface area contributed by atoms with E-state index in [1.54, 1.807) is 6.33 Å². The Morgan fingerprint density at radius 1 is 1.44 bits per heavy atom. The molecule has 16 heavy (non-hydrogen) atoms. The van der Waals surface area contributed by atoms with E-state index in [1.165, 1.54) is 6.33 Å². The zero-order valence-corrected chi connectivity index (χ0v) is 9.63. The number of fused-ring (bicyclic) bond motifs is 1. The molecule has 0 spiro atoms. The number of imidazole rings is 1. The predicted molar refractivity (Wildman–Crippen MR) is 67.7 cm³/mol. The Balaban J connectivity index is 1.93. The van der Waals surface area contributed by atoms with Crippen molar-refractivity contribution < 1.29 is 0 Å². The number of nitrogens with zero attached hydrogens (tertiary/aromatic N) is 3. The van der Waals surface area contributed by atoms with Gasteiger partial charge >= 0.3 is 0 Å². The molecule has 2 rings (SSSR count). The van der Waals surface area contributed by atoms with Crippen molar-refractivity contribution in [2.45, 2.75) is 0 Å². The molecule has 0 atom stereocenters. The van der Waals surface area contributed by atoms with Gasteiger partial charge in [0.05, 0.1) is 6.33 Å². The lowest BCUT2D eigenvalue weighted by Crippen LogP contribution is -2.06. The van der Waals surface area contributed by atoms with Gasteiger partial charge in [0.1, 0.15) is 11.8 Å². The summed E-state index contributed by atoms with van der Waals surface area (Å²) in [5.74, 6) is 2.80. The van der Waals surface area contributed by atoms with Crippen LogP contribution in [-0.2, 0) is 0 Å². The maximum atomic E-state index is 4.17. The van der Waals surface area contributed by atoms with Crippen LogP contribution in [0.4, 0.5) is 5.82 Å². The Hall–Kier alpha value is -1.56. The molecule has 6 heteroatoms. The summed E-state index contributed by atoms with van der Waals surface area (Å²) in [6.07, 6.45) is 5.04. The minimum absolute atomic E-state index is 0.691. The van der Waals surface area contributed by atoms with Crippen molar-refractivity contribution in [2.75, 3.05) is 23.4 Å². The summed E-state index contributed by atoms with van der Waals surface area (Å²) < 4.78 is 0. The lowest BCUT2D eigenvalue weighted by atomic mass is 10.5. The van der Waals surface area contributed by atoms with Crippen molar-refractivity contribution in [1.82, 2.24) is 19.9 Å². The van der Waals surface area contributed by atoms with Crippen LogP contribution in [0.5, 0.6) is 0 Å². The van der Waals surface area contributed by atoms with E-state index in [2.05, 4.69) is 31.8 Å². The second-order valence-electron chi connectivity index (χ2n) is 3.11. The van der Waals surface area contributed by atoms with Crippen LogP contribution in [0.25, 0.3) is 11.2 Å². The highest BCUT2D eigenvalue weighted by Crippen LogP contribution is 2.14. The van der Waals surface area contributed by atoms with Crippen molar-refractivity contribution in [1.29, 1.82) is 0 Å². The van der Waals surface area contributed by atoms with Gasteiger partial charge in [-0.1, -0.05) is 6.08 Å². The van der Waals surface area contributed by atoms with Gasteiger partial charge in [0, 0.05) is 18.1 Å². The van der Waals surface area contributed by atoms with Gasteiger partial charge in [0.2, 0.25) is 0 Å². The molecule has 0 saturated heterocycles. The number of aromatic amines is 1. The number of hydrogen-bond acceptors (Lipinski definition) is 5. The first-order valence-electron chi connectivity index (χ1n) is 4.98. The van der Waals surface area contributed by atoms with Crippen molar-refractivity contribution >= 4 is 28.7 Å². The number of anilines is 1. The molecule has 0 saturated carbocycles. The summed E-state index contributed by atoms with van der Waals surface area (Å²) in [5.41, 5.74) is 1.55. The van der Waals surface area contributed by atoms with Crippen molar-refractivity contribution in [3.63, 3.8) is 0 Å². The van der Waals surface area contributed by atoms with E-state index in [0.29, 0.717) is 5.65 Å². The fourth-order valence-electron chi connectivity index (χ4n) is 1.31. The molecule has 0 aromatic carbocycles. The first kappa shape index (κ1) is 10.9. The molecule has 0 bridgehead atoms. The topological polar surface area (TPSA) is 66.5 Å². The molecule has 0 fully saturated rings. The SMILES string of the molecule is C=CCSCCNc1ncnc2nc[nH]c12. The Morgan fingerprint density at radius 3 is 3.25 bits per heavy atom. The number of H-pyrrole nitrogens is 1. The zero-order valence-electron chi connectivity index (χ0n) is 8.81. The molecular weight excluding hydrogens is 222 g/mol. The first-order chi connectivity index (χ1) is 7.92. The van der Waals surface area contributed by atoms with Crippen LogP contribution >= 0.6 is 11.8 Å². The summed E-state index contributed by atoms with van der Waals surface area (Å²) in [4.78, 5) is 15.3. The highest BCUT2D eigenvalue weighted by molar-refractivity contribution is 7.99. The van der Waals surface area contributed by atoms with Crippen molar-refractivity contribution in [3.05, 3.63) is 25.3 Å². The molecule has 0 unspecified atom stereocenters. The Labute approximate surface area is 97.8 Å². The molecule has 84 valence electrons. The fraction of sp³-hybridized carbons (Fsp3) is 0.300. The van der Waals surface area contributed by atoms with Crippen LogP contribution in [0.3, 0.4) is 0 Å². The number of hydrogen-bond donors (Lipinski definition) is 2. The van der Waals surface area contributed by atoms with Gasteiger partial charge in [-0.05, 0) is 0 Å². The molecule has 0 aliphatic rings. The van der Waals surface area contributed by atoms with Gasteiger partial charge in [-0.2, -0.15) is 11.8 Å². The van der Waals surface area contributed by atoms with E-state index in [-0.39, 0.29) is 0 Å². The van der Waals surface area contributed by atoms with Crippen molar-refractivity contribution in [2.24, 2.45) is 0 Å². The maximum Gasteiger partial charge on any atom is 0.182 e. The molecule has 5 nitrogen and oxygen atoms in total. The molecule has 2 aromatic heterocycles. The second kappa shape index (κ2) is 5.50. The van der Waals surface area contributed by atoms with E-state index in [4.69, 9.17) is 0 Å². The molecule has 0 radical (unpaired) electrons. The number of rotatable bonds is 6. The normalized spacial score (nSPS) is 10.5. The summed E-state index contributed by atoms with van der Waals surface area (Å²) in [7, 11) is 0. The van der Waals surface area contributed by atoms with Gasteiger partial charge in [-0.25, -0.2) is 15.0 Å². The lowest BCUT2D eigenvalue weighted by molar-refractivity contribution is 1.14. The van der Waals surface area contributed by atoms with Gasteiger partial charge in [-0.3, -0.25) is 0 Å². The summed E-state index contributed by atoms with van der Waals surface area (Å²) in [6.45, 7) is 4.54.